The molecule has 1 aliphatic heterocycles. The summed E-state index contributed by atoms with van der Waals surface area (Å²) in [7, 11) is 0. The molecule has 21 heavy (non-hydrogen) atoms. The lowest BCUT2D eigenvalue weighted by atomic mass is 10.2. The van der Waals surface area contributed by atoms with Crippen molar-refractivity contribution in [2.24, 2.45) is 0 Å². The number of aryl methyl sites for hydroxylation is 1. The molecule has 0 aliphatic carbocycles. The number of nitrogens with zero attached hydrogens (tertiary/aromatic N) is 4. The highest BCUT2D eigenvalue weighted by Crippen LogP contribution is 2.15. The molecule has 0 spiro atoms. The predicted molar refractivity (Wildman–Crippen MR) is 83.4 cm³/mol. The quantitative estimate of drug-likeness (QED) is 0.820. The summed E-state index contributed by atoms with van der Waals surface area (Å²) in [5.74, 6) is 0. The second-order valence-electron chi connectivity index (χ2n) is 5.44. The first kappa shape index (κ1) is 14.7. The van der Waals surface area contributed by atoms with Crippen LogP contribution in [0.4, 0.5) is 0 Å². The molecule has 1 fully saturated rings. The first-order chi connectivity index (χ1) is 10.3. The van der Waals surface area contributed by atoms with E-state index in [1.807, 2.05) is 23.1 Å². The summed E-state index contributed by atoms with van der Waals surface area (Å²) < 4.78 is 7.78. The van der Waals surface area contributed by atoms with Crippen molar-refractivity contribution in [3.05, 3.63) is 34.5 Å². The average Bonchev–Trinajstić information content (AvgIpc) is 3.12. The van der Waals surface area contributed by atoms with E-state index in [9.17, 15) is 0 Å². The topological polar surface area (TPSA) is 43.2 Å². The summed E-state index contributed by atoms with van der Waals surface area (Å²) in [6.45, 7) is 6.67. The summed E-state index contributed by atoms with van der Waals surface area (Å²) in [6.07, 6.45) is 6.27. The highest BCUT2D eigenvalue weighted by molar-refractivity contribution is 7.09. The van der Waals surface area contributed by atoms with Gasteiger partial charge in [0.15, 0.2) is 0 Å². The van der Waals surface area contributed by atoms with Gasteiger partial charge in [0.1, 0.15) is 0 Å². The van der Waals surface area contributed by atoms with Crippen molar-refractivity contribution in [3.8, 4) is 0 Å². The van der Waals surface area contributed by atoms with Gasteiger partial charge in [-0.15, -0.1) is 11.3 Å². The van der Waals surface area contributed by atoms with E-state index in [0.29, 0.717) is 0 Å². The van der Waals surface area contributed by atoms with Gasteiger partial charge in [-0.1, -0.05) is 6.92 Å². The number of hydrogen-bond donors (Lipinski definition) is 0. The van der Waals surface area contributed by atoms with Crippen molar-refractivity contribution in [1.29, 1.82) is 0 Å². The van der Waals surface area contributed by atoms with Crippen LogP contribution in [0.15, 0.2) is 23.8 Å². The second-order valence-corrected chi connectivity index (χ2v) is 6.38. The Morgan fingerprint density at radius 1 is 1.48 bits per heavy atom. The Kier molecular flexibility index (Phi) is 5.00. The van der Waals surface area contributed by atoms with Gasteiger partial charge in [0.05, 0.1) is 30.0 Å². The van der Waals surface area contributed by atoms with E-state index < -0.39 is 0 Å². The summed E-state index contributed by atoms with van der Waals surface area (Å²) in [4.78, 5) is 7.15. The van der Waals surface area contributed by atoms with E-state index in [1.54, 1.807) is 11.3 Å². The fraction of sp³-hybridized carbons (Fsp3) is 0.600. The van der Waals surface area contributed by atoms with Crippen LogP contribution in [0, 0.1) is 0 Å². The Morgan fingerprint density at radius 3 is 3.24 bits per heavy atom. The molecule has 1 atom stereocenters. The SMILES string of the molecule is CCCc1nc(CN2CCO[C@@H](Cn3cccn3)C2)cs1. The molecule has 0 radical (unpaired) electrons. The number of morpholine rings is 1. The van der Waals surface area contributed by atoms with E-state index in [4.69, 9.17) is 9.72 Å². The lowest BCUT2D eigenvalue weighted by Gasteiger charge is -2.32. The van der Waals surface area contributed by atoms with Crippen molar-refractivity contribution in [3.63, 3.8) is 0 Å². The monoisotopic (exact) mass is 306 g/mol. The third-order valence-corrected chi connectivity index (χ3v) is 4.58. The van der Waals surface area contributed by atoms with Gasteiger partial charge in [-0.25, -0.2) is 4.98 Å². The molecule has 0 unspecified atom stereocenters. The van der Waals surface area contributed by atoms with Crippen LogP contribution in [0.25, 0.3) is 0 Å². The van der Waals surface area contributed by atoms with Gasteiger partial charge in [0.2, 0.25) is 0 Å². The van der Waals surface area contributed by atoms with Gasteiger partial charge in [-0.3, -0.25) is 9.58 Å². The summed E-state index contributed by atoms with van der Waals surface area (Å²) in [6, 6.07) is 1.95. The molecule has 0 saturated carbocycles. The highest BCUT2D eigenvalue weighted by atomic mass is 32.1. The zero-order chi connectivity index (χ0) is 14.5. The van der Waals surface area contributed by atoms with Gasteiger partial charge in [0.25, 0.3) is 0 Å². The maximum Gasteiger partial charge on any atom is 0.0928 e. The smallest absolute Gasteiger partial charge is 0.0928 e. The summed E-state index contributed by atoms with van der Waals surface area (Å²) in [5, 5.41) is 7.71. The lowest BCUT2D eigenvalue weighted by Crippen LogP contribution is -2.43. The number of ether oxygens (including phenoxy) is 1. The minimum Gasteiger partial charge on any atom is -0.374 e. The molecule has 3 heterocycles. The minimum atomic E-state index is 0.215. The molecule has 0 amide bonds. The molecule has 1 saturated heterocycles. The van der Waals surface area contributed by atoms with Crippen molar-refractivity contribution >= 4 is 11.3 Å². The van der Waals surface area contributed by atoms with Gasteiger partial charge >= 0.3 is 0 Å². The predicted octanol–water partition coefficient (Wildman–Crippen LogP) is 2.19. The number of hydrogen-bond acceptors (Lipinski definition) is 5. The lowest BCUT2D eigenvalue weighted by molar-refractivity contribution is -0.0405. The molecule has 1 aliphatic rings. The highest BCUT2D eigenvalue weighted by Gasteiger charge is 2.21. The fourth-order valence-corrected chi connectivity index (χ4v) is 3.52. The zero-order valence-electron chi connectivity index (χ0n) is 12.4. The third-order valence-electron chi connectivity index (χ3n) is 3.62. The number of rotatable bonds is 6. The van der Waals surface area contributed by atoms with E-state index in [2.05, 4.69) is 22.3 Å². The molecule has 2 aromatic heterocycles. The van der Waals surface area contributed by atoms with Crippen molar-refractivity contribution < 1.29 is 4.74 Å². The first-order valence-corrected chi connectivity index (χ1v) is 8.46. The van der Waals surface area contributed by atoms with E-state index in [1.165, 1.54) is 10.7 Å². The second kappa shape index (κ2) is 7.15. The van der Waals surface area contributed by atoms with E-state index in [0.717, 1.165) is 45.6 Å². The van der Waals surface area contributed by atoms with Crippen LogP contribution in [-0.2, 0) is 24.2 Å². The maximum atomic E-state index is 5.84. The minimum absolute atomic E-state index is 0.215. The molecule has 6 heteroatoms. The Hall–Kier alpha value is -1.24. The Balaban J connectivity index is 1.53. The fourth-order valence-electron chi connectivity index (χ4n) is 2.63. The van der Waals surface area contributed by atoms with Crippen LogP contribution in [0.3, 0.4) is 0 Å². The molecule has 0 aromatic carbocycles. The molecule has 0 bridgehead atoms. The largest absolute Gasteiger partial charge is 0.374 e. The molecule has 0 N–H and O–H groups in total. The normalized spacial score (nSPS) is 20.0. The molecular weight excluding hydrogens is 284 g/mol. The molecule has 5 nitrogen and oxygen atoms in total. The molecule has 2 aromatic rings. The van der Waals surface area contributed by atoms with Gasteiger partial charge in [-0.2, -0.15) is 5.10 Å². The number of thiazole rings is 1. The van der Waals surface area contributed by atoms with Crippen molar-refractivity contribution in [1.82, 2.24) is 19.7 Å². The van der Waals surface area contributed by atoms with Crippen LogP contribution in [0.5, 0.6) is 0 Å². The van der Waals surface area contributed by atoms with Gasteiger partial charge in [-0.05, 0) is 18.9 Å². The Morgan fingerprint density at radius 2 is 2.43 bits per heavy atom. The van der Waals surface area contributed by atoms with Crippen molar-refractivity contribution in [2.45, 2.75) is 39.0 Å². The van der Waals surface area contributed by atoms with E-state index in [-0.39, 0.29) is 6.10 Å². The third kappa shape index (κ3) is 4.12. The number of aromatic nitrogens is 3. The Bertz CT molecular complexity index is 540. The van der Waals surface area contributed by atoms with E-state index >= 15 is 0 Å². The summed E-state index contributed by atoms with van der Waals surface area (Å²) in [5.41, 5.74) is 1.20. The standard InChI is InChI=1S/C15H22N4OS/c1-2-4-15-17-13(12-21-15)9-18-7-8-20-14(10-18)11-19-6-3-5-16-19/h3,5-6,12,14H,2,4,7-11H2,1H3/t14-/m1/s1. The summed E-state index contributed by atoms with van der Waals surface area (Å²) >= 11 is 1.78. The molecule has 3 rings (SSSR count). The van der Waals surface area contributed by atoms with Crippen LogP contribution in [-0.4, -0.2) is 45.5 Å². The van der Waals surface area contributed by atoms with Gasteiger partial charge in [0, 0.05) is 37.4 Å². The van der Waals surface area contributed by atoms with Crippen LogP contribution in [0.1, 0.15) is 24.0 Å². The average molecular weight is 306 g/mol. The van der Waals surface area contributed by atoms with Gasteiger partial charge < -0.3 is 4.74 Å². The first-order valence-electron chi connectivity index (χ1n) is 7.58. The maximum absolute atomic E-state index is 5.84. The molecule has 114 valence electrons. The Labute approximate surface area is 129 Å². The van der Waals surface area contributed by atoms with Crippen LogP contribution < -0.4 is 0 Å². The van der Waals surface area contributed by atoms with Crippen LogP contribution >= 0.6 is 11.3 Å². The van der Waals surface area contributed by atoms with Crippen LogP contribution in [0.2, 0.25) is 0 Å². The molecular formula is C15H22N4OS. The van der Waals surface area contributed by atoms with Crippen molar-refractivity contribution in [2.75, 3.05) is 19.7 Å². The zero-order valence-corrected chi connectivity index (χ0v) is 13.3.